The van der Waals surface area contributed by atoms with Crippen molar-refractivity contribution < 1.29 is 38.0 Å². The zero-order chi connectivity index (χ0) is 36.8. The van der Waals surface area contributed by atoms with E-state index in [4.69, 9.17) is 10.5 Å². The van der Waals surface area contributed by atoms with Crippen molar-refractivity contribution in [3.8, 4) is 5.75 Å². The molecule has 276 valence electrons. The van der Waals surface area contributed by atoms with Gasteiger partial charge < -0.3 is 36.8 Å². The van der Waals surface area contributed by atoms with Crippen LogP contribution < -0.4 is 27.0 Å². The van der Waals surface area contributed by atoms with Gasteiger partial charge in [0.05, 0.1) is 25.1 Å². The second-order valence-electron chi connectivity index (χ2n) is 14.6. The third-order valence-electron chi connectivity index (χ3n) is 10.5. The van der Waals surface area contributed by atoms with Crippen LogP contribution in [0.25, 0.3) is 0 Å². The van der Waals surface area contributed by atoms with Crippen LogP contribution in [-0.4, -0.2) is 88.2 Å². The predicted molar refractivity (Wildman–Crippen MR) is 190 cm³/mol. The monoisotopic (exact) mass is 723 g/mol. The van der Waals surface area contributed by atoms with Gasteiger partial charge in [0.1, 0.15) is 17.8 Å². The number of nitrogens with one attached hydrogen (secondary N) is 4. The molecule has 2 aromatic rings. The number of hydrogen-bond acceptors (Lipinski definition) is 9. The van der Waals surface area contributed by atoms with Crippen LogP contribution >= 0.6 is 0 Å². The molecule has 6 rings (SSSR count). The Hall–Kier alpha value is -4.30. The van der Waals surface area contributed by atoms with E-state index in [1.54, 1.807) is 12.1 Å². The fourth-order valence-electron chi connectivity index (χ4n) is 8.62. The molecule has 2 aromatic carbocycles. The van der Waals surface area contributed by atoms with Crippen molar-refractivity contribution in [1.29, 1.82) is 0 Å². The fraction of sp³-hybridized carbons (Fsp3) is 0.541. The molecule has 13 nitrogen and oxygen atoms in total. The molecule has 0 heterocycles. The van der Waals surface area contributed by atoms with Gasteiger partial charge in [0.2, 0.25) is 23.6 Å². The van der Waals surface area contributed by atoms with Crippen LogP contribution in [0.15, 0.2) is 54.6 Å². The molecule has 4 amide bonds. The molecule has 4 fully saturated rings. The van der Waals surface area contributed by atoms with Crippen molar-refractivity contribution in [1.82, 2.24) is 21.3 Å². The highest BCUT2D eigenvalue weighted by Crippen LogP contribution is 2.62. The minimum atomic E-state index is -1.25. The van der Waals surface area contributed by atoms with Gasteiger partial charge >= 0.3 is 5.97 Å². The Morgan fingerprint density at radius 3 is 2.16 bits per heavy atom. The number of benzene rings is 2. The second kappa shape index (κ2) is 16.4. The first-order chi connectivity index (χ1) is 24.3. The van der Waals surface area contributed by atoms with Crippen LogP contribution in [0.3, 0.4) is 0 Å². The zero-order valence-corrected chi connectivity index (χ0v) is 30.0. The summed E-state index contributed by atoms with van der Waals surface area (Å²) in [5.74, 6) is -1.64. The molecular formula is C37H49N5O8S. The molecule has 6 atom stereocenters. The molecule has 4 aliphatic carbocycles. The topological polar surface area (TPSA) is 206 Å². The molecule has 0 radical (unpaired) electrons. The molecule has 0 aliphatic heterocycles. The molecule has 3 unspecified atom stereocenters. The Morgan fingerprint density at radius 1 is 0.882 bits per heavy atom. The maximum absolute atomic E-state index is 14.0. The Labute approximate surface area is 300 Å². The minimum Gasteiger partial charge on any atom is -0.508 e. The number of methoxy groups -OCH3 is 1. The van der Waals surface area contributed by atoms with Crippen LogP contribution in [0.5, 0.6) is 5.75 Å². The molecule has 0 saturated heterocycles. The number of phenolic OH excluding ortho intramolecular Hbond substituents is 1. The smallest absolute Gasteiger partial charge is 0.311 e. The third-order valence-corrected chi connectivity index (χ3v) is 11.3. The average molecular weight is 724 g/mol. The molecule has 14 heteroatoms. The predicted octanol–water partition coefficient (Wildman–Crippen LogP) is 0.987. The van der Waals surface area contributed by atoms with E-state index in [-0.39, 0.29) is 42.6 Å². The van der Waals surface area contributed by atoms with E-state index in [0.29, 0.717) is 23.8 Å². The largest absolute Gasteiger partial charge is 0.508 e. The molecule has 51 heavy (non-hydrogen) atoms. The number of carbonyl (C=O) groups is 5. The van der Waals surface area contributed by atoms with Gasteiger partial charge in [-0.05, 0) is 86.5 Å². The average Bonchev–Trinajstić information content (AvgIpc) is 3.08. The highest BCUT2D eigenvalue weighted by Gasteiger charge is 2.61. The summed E-state index contributed by atoms with van der Waals surface area (Å²) in [6, 6.07) is 12.4. The zero-order valence-electron chi connectivity index (χ0n) is 29.2. The number of aromatic hydroxyl groups is 1. The van der Waals surface area contributed by atoms with E-state index in [0.717, 1.165) is 37.7 Å². The van der Waals surface area contributed by atoms with Crippen LogP contribution in [0.4, 0.5) is 0 Å². The lowest BCUT2D eigenvalue weighted by Crippen LogP contribution is -2.67. The van der Waals surface area contributed by atoms with E-state index >= 15 is 0 Å². The molecule has 0 spiro atoms. The summed E-state index contributed by atoms with van der Waals surface area (Å²) in [4.78, 5) is 66.5. The van der Waals surface area contributed by atoms with Gasteiger partial charge in [0.25, 0.3) is 0 Å². The number of carbonyl (C=O) groups excluding carboxylic acids is 5. The lowest BCUT2D eigenvalue weighted by atomic mass is 9.47. The Bertz CT molecular complexity index is 1610. The number of nitrogens with two attached hydrogens (primary N) is 1. The standard InChI is InChI=1S/C37H49N5O8S/c1-50-35(48)36-17-25-14-26(18-36)20-37(19-25,22-36)42-34(47)30(16-23-6-4-3-5-7-23)40-31(44)21-39-33(46)29(12-13-51(2)49)41-32(45)28(38)15-24-8-10-27(43)11-9-24/h3-11,25-26,28-30,43H,12-22,38H2,1-2H3,(H,39,46)(H,40,44)(H,41,45)(H,42,47)/t25?,26?,28-,29+,30-,36?,37?,51?/m0/s1. The van der Waals surface area contributed by atoms with Gasteiger partial charge in [-0.1, -0.05) is 42.5 Å². The van der Waals surface area contributed by atoms with E-state index in [1.165, 1.54) is 25.5 Å². The summed E-state index contributed by atoms with van der Waals surface area (Å²) in [5, 5.41) is 20.7. The number of esters is 1. The number of hydrogen-bond donors (Lipinski definition) is 6. The molecule has 4 bridgehead atoms. The normalized spacial score (nSPS) is 25.5. The molecular weight excluding hydrogens is 675 g/mol. The van der Waals surface area contributed by atoms with Crippen LogP contribution in [0, 0.1) is 17.3 Å². The first kappa shape index (κ1) is 37.9. The lowest BCUT2D eigenvalue weighted by molar-refractivity contribution is -0.173. The summed E-state index contributed by atoms with van der Waals surface area (Å²) in [7, 11) is 0.154. The Morgan fingerprint density at radius 2 is 1.53 bits per heavy atom. The summed E-state index contributed by atoms with van der Waals surface area (Å²) in [5.41, 5.74) is 6.47. The van der Waals surface area contributed by atoms with Gasteiger partial charge in [-0.25, -0.2) is 0 Å². The molecule has 7 N–H and O–H groups in total. The summed E-state index contributed by atoms with van der Waals surface area (Å²) in [6.07, 6.45) is 6.48. The summed E-state index contributed by atoms with van der Waals surface area (Å²) < 4.78 is 17.1. The third kappa shape index (κ3) is 9.73. The quantitative estimate of drug-likeness (QED) is 0.136. The maximum Gasteiger partial charge on any atom is 0.311 e. The minimum absolute atomic E-state index is 0.0460. The van der Waals surface area contributed by atoms with Crippen molar-refractivity contribution in [3.05, 3.63) is 65.7 Å². The van der Waals surface area contributed by atoms with Gasteiger partial charge in [0, 0.05) is 34.8 Å². The molecule has 0 aromatic heterocycles. The van der Waals surface area contributed by atoms with Crippen LogP contribution in [0.1, 0.15) is 56.1 Å². The van der Waals surface area contributed by atoms with Crippen molar-refractivity contribution in [2.45, 2.75) is 81.5 Å². The maximum atomic E-state index is 14.0. The highest BCUT2D eigenvalue weighted by molar-refractivity contribution is 7.84. The van der Waals surface area contributed by atoms with Crippen molar-refractivity contribution >= 4 is 40.4 Å². The van der Waals surface area contributed by atoms with E-state index in [1.807, 2.05) is 30.3 Å². The van der Waals surface area contributed by atoms with Crippen LogP contribution in [-0.2, 0) is 52.4 Å². The van der Waals surface area contributed by atoms with Crippen molar-refractivity contribution in [2.75, 3.05) is 25.7 Å². The summed E-state index contributed by atoms with van der Waals surface area (Å²) >= 11 is 0. The Kier molecular flexibility index (Phi) is 12.2. The van der Waals surface area contributed by atoms with Gasteiger partial charge in [0.15, 0.2) is 0 Å². The van der Waals surface area contributed by atoms with Gasteiger partial charge in [-0.3, -0.25) is 28.2 Å². The number of ether oxygens (including phenoxy) is 1. The highest BCUT2D eigenvalue weighted by atomic mass is 32.2. The van der Waals surface area contributed by atoms with Crippen molar-refractivity contribution in [2.24, 2.45) is 23.0 Å². The SMILES string of the molecule is COC(=O)C12CC3CC(CC(NC(=O)[C@H](Cc4ccccc4)NC(=O)CNC(=O)[C@@H](CCS(C)=O)NC(=O)[C@@H](N)Cc4ccc(O)cc4)(C3)C1)C2. The molecule has 4 saturated carbocycles. The van der Waals surface area contributed by atoms with Gasteiger partial charge in [-0.15, -0.1) is 0 Å². The first-order valence-corrected chi connectivity index (χ1v) is 19.2. The fourth-order valence-corrected chi connectivity index (χ4v) is 9.19. The van der Waals surface area contributed by atoms with E-state index in [2.05, 4.69) is 21.3 Å². The summed E-state index contributed by atoms with van der Waals surface area (Å²) in [6.45, 7) is -0.473. The number of phenols is 1. The first-order valence-electron chi connectivity index (χ1n) is 17.4. The lowest BCUT2D eigenvalue weighted by Gasteiger charge is -2.60. The van der Waals surface area contributed by atoms with Crippen LogP contribution in [0.2, 0.25) is 0 Å². The van der Waals surface area contributed by atoms with Crippen molar-refractivity contribution in [3.63, 3.8) is 0 Å². The van der Waals surface area contributed by atoms with E-state index < -0.39 is 64.1 Å². The van der Waals surface area contributed by atoms with E-state index in [9.17, 15) is 33.3 Å². The molecule has 4 aliphatic rings. The number of amides is 4. The Balaban J connectivity index is 1.22. The van der Waals surface area contributed by atoms with Gasteiger partial charge in [-0.2, -0.15) is 0 Å². The number of rotatable bonds is 16. The second-order valence-corrected chi connectivity index (χ2v) is 16.2.